The van der Waals surface area contributed by atoms with Crippen molar-refractivity contribution < 1.29 is 18.0 Å². The maximum Gasteiger partial charge on any atom is 0.295 e. The van der Waals surface area contributed by atoms with Crippen molar-refractivity contribution in [3.63, 3.8) is 0 Å². The molecule has 2 aromatic rings. The molecule has 9 nitrogen and oxygen atoms in total. The molecule has 0 bridgehead atoms. The Kier molecular flexibility index (Phi) is 5.90. The van der Waals surface area contributed by atoms with Crippen LogP contribution in [0.4, 0.5) is 5.69 Å². The number of amides is 1. The van der Waals surface area contributed by atoms with Crippen molar-refractivity contribution in [1.29, 1.82) is 0 Å². The highest BCUT2D eigenvalue weighted by Gasteiger charge is 2.42. The highest BCUT2D eigenvalue weighted by Crippen LogP contribution is 2.30. The van der Waals surface area contributed by atoms with Crippen molar-refractivity contribution in [2.75, 3.05) is 24.9 Å². The van der Waals surface area contributed by atoms with Gasteiger partial charge in [0.25, 0.3) is 21.7 Å². The number of likely N-dealkylation sites (N-methyl/N-ethyl adjacent to an activating group) is 1. The molecule has 0 radical (unpaired) electrons. The lowest BCUT2D eigenvalue weighted by molar-refractivity contribution is -0.126. The molecule has 1 aromatic carbocycles. The van der Waals surface area contributed by atoms with E-state index in [1.807, 2.05) is 20.8 Å². The molecule has 1 aliphatic heterocycles. The summed E-state index contributed by atoms with van der Waals surface area (Å²) in [6.45, 7) is 9.59. The Labute approximate surface area is 182 Å². The fourth-order valence-corrected chi connectivity index (χ4v) is 5.02. The molecule has 31 heavy (non-hydrogen) atoms. The van der Waals surface area contributed by atoms with E-state index in [4.69, 9.17) is 0 Å². The lowest BCUT2D eigenvalue weighted by Crippen LogP contribution is -2.51. The summed E-state index contributed by atoms with van der Waals surface area (Å²) in [6, 6.07) is 4.89. The third-order valence-corrected chi connectivity index (χ3v) is 7.50. The van der Waals surface area contributed by atoms with E-state index in [1.54, 1.807) is 50.2 Å². The second kappa shape index (κ2) is 8.01. The summed E-state index contributed by atoms with van der Waals surface area (Å²) < 4.78 is 28.7. The van der Waals surface area contributed by atoms with Gasteiger partial charge in [-0.05, 0) is 58.9 Å². The summed E-state index contributed by atoms with van der Waals surface area (Å²) in [5.74, 6) is -1.19. The zero-order valence-corrected chi connectivity index (χ0v) is 19.5. The second-order valence-electron chi connectivity index (χ2n) is 7.86. The molecule has 2 heterocycles. The molecular weight excluding hydrogens is 418 g/mol. The molecule has 0 spiro atoms. The first kappa shape index (κ1) is 22.8. The molecule has 10 heteroatoms. The number of rotatable bonds is 7. The average molecular weight is 448 g/mol. The van der Waals surface area contributed by atoms with Gasteiger partial charge in [0.15, 0.2) is 4.87 Å². The van der Waals surface area contributed by atoms with E-state index in [2.05, 4.69) is 15.1 Å². The molecule has 3 N–H and O–H groups in total. The Morgan fingerprint density at radius 1 is 1.19 bits per heavy atom. The van der Waals surface area contributed by atoms with Crippen molar-refractivity contribution in [2.45, 2.75) is 39.5 Å². The van der Waals surface area contributed by atoms with Crippen LogP contribution in [-0.4, -0.2) is 60.0 Å². The third kappa shape index (κ3) is 3.92. The van der Waals surface area contributed by atoms with Crippen LogP contribution < -0.4 is 10.1 Å². The number of H-pyrrole nitrogens is 1. The summed E-state index contributed by atoms with van der Waals surface area (Å²) in [6.07, 6.45) is 1.63. The Morgan fingerprint density at radius 3 is 2.39 bits per heavy atom. The number of aromatic nitrogens is 1. The number of fused-ring (bicyclic) bond motifs is 1. The molecule has 0 fully saturated rings. The number of carbonyl (C=O) groups is 2. The van der Waals surface area contributed by atoms with Crippen LogP contribution in [0.15, 0.2) is 30.0 Å². The van der Waals surface area contributed by atoms with Crippen LogP contribution >= 0.6 is 0 Å². The molecule has 1 atom stereocenters. The first-order chi connectivity index (χ1) is 14.4. The van der Waals surface area contributed by atoms with Crippen molar-refractivity contribution in [3.05, 3.63) is 41.2 Å². The normalized spacial score (nSPS) is 18.9. The first-order valence-corrected chi connectivity index (χ1v) is 11.6. The largest absolute Gasteiger partial charge is 0.358 e. The molecule has 1 aliphatic rings. The standard InChI is InChI=1S/C21H29N5O4S/c1-7-26(8-2)20(28)19(27)18-14(4)22-17-10-9-15(11-16(17)18)23-31(29,30)21(5)12-13(3)25(6)24-21/h9-12,22-24H,7-8H2,1-6H3. The van der Waals surface area contributed by atoms with Gasteiger partial charge in [-0.3, -0.25) is 14.3 Å². The Hall–Kier alpha value is -2.85. The van der Waals surface area contributed by atoms with Crippen LogP contribution in [0.25, 0.3) is 10.9 Å². The van der Waals surface area contributed by atoms with Crippen molar-refractivity contribution >= 4 is 38.3 Å². The molecule has 0 aliphatic carbocycles. The number of allylic oxidation sites excluding steroid dienone is 1. The van der Waals surface area contributed by atoms with E-state index < -0.39 is 26.6 Å². The number of hydrogen-bond donors (Lipinski definition) is 3. The summed E-state index contributed by atoms with van der Waals surface area (Å²) in [4.78, 5) is 28.8. The van der Waals surface area contributed by atoms with Crippen LogP contribution in [0.5, 0.6) is 0 Å². The fraction of sp³-hybridized carbons (Fsp3) is 0.429. The van der Waals surface area contributed by atoms with Gasteiger partial charge >= 0.3 is 0 Å². The molecule has 3 rings (SSSR count). The van der Waals surface area contributed by atoms with E-state index >= 15 is 0 Å². The smallest absolute Gasteiger partial charge is 0.295 e. The van der Waals surface area contributed by atoms with Gasteiger partial charge in [-0.25, -0.2) is 13.8 Å². The number of Topliss-reactive ketones (excluding diaryl/α,β-unsaturated/α-hetero) is 1. The Morgan fingerprint density at radius 2 is 1.84 bits per heavy atom. The fourth-order valence-electron chi connectivity index (χ4n) is 3.79. The molecule has 168 valence electrons. The quantitative estimate of drug-likeness (QED) is 0.443. The molecule has 1 aromatic heterocycles. The number of nitrogens with one attached hydrogen (secondary N) is 3. The van der Waals surface area contributed by atoms with Gasteiger partial charge in [-0.15, -0.1) is 0 Å². The zero-order chi connectivity index (χ0) is 23.1. The SMILES string of the molecule is CCN(CC)C(=O)C(=O)c1c(C)[nH]c2ccc(NS(=O)(=O)C3(C)C=C(C)N(C)N3)cc12. The number of hydrazine groups is 1. The minimum Gasteiger partial charge on any atom is -0.358 e. The summed E-state index contributed by atoms with van der Waals surface area (Å²) in [5.41, 5.74) is 5.49. The average Bonchev–Trinajstić information content (AvgIpc) is 3.16. The van der Waals surface area contributed by atoms with Gasteiger partial charge in [0.05, 0.1) is 5.56 Å². The van der Waals surface area contributed by atoms with E-state index in [0.29, 0.717) is 35.4 Å². The predicted molar refractivity (Wildman–Crippen MR) is 121 cm³/mol. The summed E-state index contributed by atoms with van der Waals surface area (Å²) in [7, 11) is -2.12. The topological polar surface area (TPSA) is 115 Å². The van der Waals surface area contributed by atoms with E-state index in [-0.39, 0.29) is 5.56 Å². The lowest BCUT2D eigenvalue weighted by atomic mass is 10.1. The van der Waals surface area contributed by atoms with E-state index in [1.165, 1.54) is 4.90 Å². The monoisotopic (exact) mass is 447 g/mol. The number of aryl methyl sites for hydroxylation is 1. The van der Waals surface area contributed by atoms with Gasteiger partial charge < -0.3 is 14.9 Å². The van der Waals surface area contributed by atoms with Gasteiger partial charge in [-0.1, -0.05) is 0 Å². The van der Waals surface area contributed by atoms with Gasteiger partial charge in [-0.2, -0.15) is 0 Å². The lowest BCUT2D eigenvalue weighted by Gasteiger charge is -2.26. The van der Waals surface area contributed by atoms with Gasteiger partial charge in [0, 0.05) is 48.1 Å². The Bertz CT molecular complexity index is 1180. The minimum absolute atomic E-state index is 0.258. The number of anilines is 1. The number of sulfonamides is 1. The molecular formula is C21H29N5O4S. The predicted octanol–water partition coefficient (Wildman–Crippen LogP) is 2.34. The number of aromatic amines is 1. The highest BCUT2D eigenvalue weighted by molar-refractivity contribution is 7.94. The van der Waals surface area contributed by atoms with Crippen molar-refractivity contribution in [1.82, 2.24) is 20.3 Å². The van der Waals surface area contributed by atoms with Crippen LogP contribution in [0.1, 0.15) is 43.7 Å². The number of hydrogen-bond acceptors (Lipinski definition) is 6. The van der Waals surface area contributed by atoms with Crippen molar-refractivity contribution in [2.24, 2.45) is 0 Å². The summed E-state index contributed by atoms with van der Waals surface area (Å²) >= 11 is 0. The number of carbonyl (C=O) groups excluding carboxylic acids is 2. The summed E-state index contributed by atoms with van der Waals surface area (Å²) in [5, 5.41) is 2.14. The third-order valence-electron chi connectivity index (χ3n) is 5.67. The molecule has 0 saturated heterocycles. The van der Waals surface area contributed by atoms with Crippen molar-refractivity contribution in [3.8, 4) is 0 Å². The van der Waals surface area contributed by atoms with Crippen LogP contribution in [0.2, 0.25) is 0 Å². The second-order valence-corrected chi connectivity index (χ2v) is 9.92. The molecule has 1 amide bonds. The number of ketones is 1. The number of nitrogens with zero attached hydrogens (tertiary/aromatic N) is 2. The molecule has 0 saturated carbocycles. The zero-order valence-electron chi connectivity index (χ0n) is 18.7. The first-order valence-electron chi connectivity index (χ1n) is 10.1. The van der Waals surface area contributed by atoms with Gasteiger partial charge in [0.2, 0.25) is 0 Å². The molecule has 1 unspecified atom stereocenters. The Balaban J connectivity index is 1.99. The van der Waals surface area contributed by atoms with E-state index in [9.17, 15) is 18.0 Å². The highest BCUT2D eigenvalue weighted by atomic mass is 32.2. The van der Waals surface area contributed by atoms with Crippen LogP contribution in [-0.2, 0) is 14.8 Å². The van der Waals surface area contributed by atoms with Crippen LogP contribution in [0.3, 0.4) is 0 Å². The van der Waals surface area contributed by atoms with Gasteiger partial charge in [0.1, 0.15) is 0 Å². The maximum absolute atomic E-state index is 13.1. The van der Waals surface area contributed by atoms with Crippen LogP contribution in [0, 0.1) is 6.92 Å². The minimum atomic E-state index is -3.86. The number of benzene rings is 1. The van der Waals surface area contributed by atoms with E-state index in [0.717, 1.165) is 5.70 Å². The maximum atomic E-state index is 13.1.